The molecule has 6 heteroatoms. The number of nitrogens with one attached hydrogen (secondary N) is 1. The number of cyclic esters (lactones) is 1. The number of benzene rings is 1. The number of esters is 1. The summed E-state index contributed by atoms with van der Waals surface area (Å²) in [5, 5.41) is 2.69. The summed E-state index contributed by atoms with van der Waals surface area (Å²) in [4.78, 5) is 37.7. The highest BCUT2D eigenvalue weighted by Gasteiger charge is 2.46. The molecular weight excluding hydrogens is 284 g/mol. The van der Waals surface area contributed by atoms with Crippen LogP contribution in [0.1, 0.15) is 35.0 Å². The Morgan fingerprint density at radius 1 is 1.41 bits per heavy atom. The van der Waals surface area contributed by atoms with E-state index in [1.807, 2.05) is 0 Å². The molecule has 22 heavy (non-hydrogen) atoms. The lowest BCUT2D eigenvalue weighted by atomic mass is 10.1. The second kappa shape index (κ2) is 5.63. The Bertz CT molecular complexity index is 655. The van der Waals surface area contributed by atoms with Gasteiger partial charge in [-0.15, -0.1) is 6.58 Å². The zero-order valence-corrected chi connectivity index (χ0v) is 12.0. The van der Waals surface area contributed by atoms with Crippen LogP contribution in [0.2, 0.25) is 0 Å². The van der Waals surface area contributed by atoms with E-state index in [-0.39, 0.29) is 18.2 Å². The molecule has 2 atom stereocenters. The molecule has 0 aliphatic carbocycles. The third-order valence-corrected chi connectivity index (χ3v) is 3.90. The van der Waals surface area contributed by atoms with Crippen molar-refractivity contribution in [2.24, 2.45) is 0 Å². The molecule has 114 valence electrons. The second-order valence-corrected chi connectivity index (χ2v) is 5.23. The van der Waals surface area contributed by atoms with Gasteiger partial charge in [0, 0.05) is 18.5 Å². The number of nitrogens with zero attached hydrogens (tertiary/aromatic N) is 1. The average Bonchev–Trinajstić information content (AvgIpc) is 3.06. The Morgan fingerprint density at radius 3 is 2.95 bits per heavy atom. The van der Waals surface area contributed by atoms with Crippen molar-refractivity contribution < 1.29 is 19.1 Å². The molecule has 6 nitrogen and oxygen atoms in total. The third kappa shape index (κ3) is 2.26. The van der Waals surface area contributed by atoms with Gasteiger partial charge in [-0.25, -0.2) is 4.79 Å². The van der Waals surface area contributed by atoms with Crippen molar-refractivity contribution in [3.05, 3.63) is 48.0 Å². The van der Waals surface area contributed by atoms with Gasteiger partial charge in [-0.1, -0.05) is 24.3 Å². The highest BCUT2D eigenvalue weighted by molar-refractivity contribution is 5.96. The molecule has 2 aliphatic heterocycles. The van der Waals surface area contributed by atoms with Crippen LogP contribution in [-0.4, -0.2) is 35.3 Å². The standard InChI is InChI=1S/C16H16N2O4/c1-2-9-17-14(20)12-7-8-13(19)18(12)15-10-5-3-4-6-11(10)16(21)22-15/h2-6,12,15H,1,7-9H2,(H,17,20)/t12-,15?/m0/s1. The number of hydrogen-bond donors (Lipinski definition) is 1. The van der Waals surface area contributed by atoms with E-state index < -0.39 is 18.2 Å². The summed E-state index contributed by atoms with van der Waals surface area (Å²) in [5.74, 6) is -0.912. The molecule has 0 aromatic heterocycles. The molecule has 0 spiro atoms. The fraction of sp³-hybridized carbons (Fsp3) is 0.312. The molecule has 1 fully saturated rings. The number of carbonyl (C=O) groups is 3. The molecule has 0 bridgehead atoms. The minimum absolute atomic E-state index is 0.187. The first kappa shape index (κ1) is 14.3. The summed E-state index contributed by atoms with van der Waals surface area (Å²) >= 11 is 0. The molecule has 1 aromatic rings. The molecular formula is C16H16N2O4. The Kier molecular flexibility index (Phi) is 3.66. The van der Waals surface area contributed by atoms with Crippen molar-refractivity contribution in [1.82, 2.24) is 10.2 Å². The summed E-state index contributed by atoms with van der Waals surface area (Å²) < 4.78 is 5.34. The predicted molar refractivity (Wildman–Crippen MR) is 77.7 cm³/mol. The quantitative estimate of drug-likeness (QED) is 0.668. The highest BCUT2D eigenvalue weighted by Crippen LogP contribution is 2.38. The van der Waals surface area contributed by atoms with E-state index in [0.717, 1.165) is 0 Å². The molecule has 2 amide bonds. The molecule has 2 aliphatic rings. The Labute approximate surface area is 127 Å². The van der Waals surface area contributed by atoms with Gasteiger partial charge in [0.15, 0.2) is 0 Å². The molecule has 0 saturated carbocycles. The van der Waals surface area contributed by atoms with Gasteiger partial charge in [-0.05, 0) is 12.5 Å². The number of likely N-dealkylation sites (tertiary alicyclic amines) is 1. The molecule has 1 N–H and O–H groups in total. The van der Waals surface area contributed by atoms with Gasteiger partial charge in [0.2, 0.25) is 18.0 Å². The highest BCUT2D eigenvalue weighted by atomic mass is 16.6. The summed E-state index contributed by atoms with van der Waals surface area (Å²) in [6.07, 6.45) is 1.43. The number of hydrogen-bond acceptors (Lipinski definition) is 4. The minimum Gasteiger partial charge on any atom is -0.433 e. The van der Waals surface area contributed by atoms with Crippen LogP contribution in [0.25, 0.3) is 0 Å². The van der Waals surface area contributed by atoms with E-state index in [0.29, 0.717) is 24.1 Å². The van der Waals surface area contributed by atoms with Crippen LogP contribution < -0.4 is 5.32 Å². The van der Waals surface area contributed by atoms with Gasteiger partial charge in [0.1, 0.15) is 6.04 Å². The number of rotatable bonds is 4. The summed E-state index contributed by atoms with van der Waals surface area (Å²) in [7, 11) is 0. The first-order valence-electron chi connectivity index (χ1n) is 7.13. The lowest BCUT2D eigenvalue weighted by Crippen LogP contribution is -2.46. The van der Waals surface area contributed by atoms with Crippen molar-refractivity contribution in [3.8, 4) is 0 Å². The SMILES string of the molecule is C=CCNC(=O)[C@@H]1CCC(=O)N1C1OC(=O)c2ccccc21. The van der Waals surface area contributed by atoms with Crippen molar-refractivity contribution in [3.63, 3.8) is 0 Å². The largest absolute Gasteiger partial charge is 0.433 e. The van der Waals surface area contributed by atoms with Crippen LogP contribution in [0.15, 0.2) is 36.9 Å². The fourth-order valence-electron chi connectivity index (χ4n) is 2.88. The van der Waals surface area contributed by atoms with Crippen molar-refractivity contribution in [1.29, 1.82) is 0 Å². The normalized spacial score (nSPS) is 23.2. The maximum absolute atomic E-state index is 12.2. The smallest absolute Gasteiger partial charge is 0.340 e. The molecule has 3 rings (SSSR count). The van der Waals surface area contributed by atoms with Crippen molar-refractivity contribution in [2.75, 3.05) is 6.54 Å². The maximum atomic E-state index is 12.2. The average molecular weight is 300 g/mol. The summed E-state index contributed by atoms with van der Waals surface area (Å²) in [6, 6.07) is 6.29. The van der Waals surface area contributed by atoms with E-state index in [1.54, 1.807) is 30.3 Å². The number of amides is 2. The van der Waals surface area contributed by atoms with E-state index in [4.69, 9.17) is 4.74 Å². The second-order valence-electron chi connectivity index (χ2n) is 5.23. The van der Waals surface area contributed by atoms with Gasteiger partial charge in [0.25, 0.3) is 0 Å². The number of carbonyl (C=O) groups excluding carboxylic acids is 3. The number of ether oxygens (including phenoxy) is 1. The molecule has 1 unspecified atom stereocenters. The molecule has 0 radical (unpaired) electrons. The Balaban J connectivity index is 1.89. The van der Waals surface area contributed by atoms with Crippen LogP contribution in [0, 0.1) is 0 Å². The molecule has 2 heterocycles. The van der Waals surface area contributed by atoms with E-state index in [1.165, 1.54) is 4.90 Å². The number of fused-ring (bicyclic) bond motifs is 1. The van der Waals surface area contributed by atoms with Gasteiger partial charge in [0.05, 0.1) is 5.56 Å². The monoisotopic (exact) mass is 300 g/mol. The minimum atomic E-state index is -0.821. The van der Waals surface area contributed by atoms with Crippen LogP contribution in [0.5, 0.6) is 0 Å². The third-order valence-electron chi connectivity index (χ3n) is 3.90. The Morgan fingerprint density at radius 2 is 2.18 bits per heavy atom. The van der Waals surface area contributed by atoms with Crippen LogP contribution in [0.3, 0.4) is 0 Å². The van der Waals surface area contributed by atoms with Gasteiger partial charge >= 0.3 is 5.97 Å². The van der Waals surface area contributed by atoms with E-state index in [9.17, 15) is 14.4 Å². The van der Waals surface area contributed by atoms with Crippen molar-refractivity contribution in [2.45, 2.75) is 25.1 Å². The van der Waals surface area contributed by atoms with Gasteiger partial charge in [-0.3, -0.25) is 14.5 Å². The zero-order chi connectivity index (χ0) is 15.7. The van der Waals surface area contributed by atoms with Gasteiger partial charge in [-0.2, -0.15) is 0 Å². The topological polar surface area (TPSA) is 75.7 Å². The fourth-order valence-corrected chi connectivity index (χ4v) is 2.88. The first-order valence-corrected chi connectivity index (χ1v) is 7.13. The lowest BCUT2D eigenvalue weighted by Gasteiger charge is -2.29. The summed E-state index contributed by atoms with van der Waals surface area (Å²) in [5.41, 5.74) is 1.07. The van der Waals surface area contributed by atoms with Gasteiger partial charge < -0.3 is 10.1 Å². The predicted octanol–water partition coefficient (Wildman–Crippen LogP) is 1.15. The van der Waals surface area contributed by atoms with Crippen LogP contribution in [0.4, 0.5) is 0 Å². The van der Waals surface area contributed by atoms with Crippen LogP contribution in [-0.2, 0) is 14.3 Å². The zero-order valence-electron chi connectivity index (χ0n) is 12.0. The molecule has 1 saturated heterocycles. The molecule has 1 aromatic carbocycles. The van der Waals surface area contributed by atoms with E-state index >= 15 is 0 Å². The van der Waals surface area contributed by atoms with Crippen LogP contribution >= 0.6 is 0 Å². The maximum Gasteiger partial charge on any atom is 0.340 e. The lowest BCUT2D eigenvalue weighted by molar-refractivity contribution is -0.145. The first-order chi connectivity index (χ1) is 10.6. The Hall–Kier alpha value is -2.63. The summed E-state index contributed by atoms with van der Waals surface area (Å²) in [6.45, 7) is 3.88. The van der Waals surface area contributed by atoms with Crippen molar-refractivity contribution >= 4 is 17.8 Å². The van der Waals surface area contributed by atoms with E-state index in [2.05, 4.69) is 11.9 Å².